The highest BCUT2D eigenvalue weighted by Crippen LogP contribution is 2.42. The first-order valence-corrected chi connectivity index (χ1v) is 5.78. The summed E-state index contributed by atoms with van der Waals surface area (Å²) in [5, 5.41) is 8.37. The molecule has 0 heterocycles. The maximum Gasteiger partial charge on any atom is 0.0653 e. The molecule has 1 nitrogen and oxygen atoms in total. The first-order chi connectivity index (χ1) is 4.45. The Labute approximate surface area is 63.8 Å². The highest BCUT2D eigenvalue weighted by atomic mass is 32.3. The van der Waals surface area contributed by atoms with Crippen LogP contribution in [0.15, 0.2) is 0 Å². The van der Waals surface area contributed by atoms with Gasteiger partial charge in [-0.3, -0.25) is 0 Å². The molecule has 60 valence electrons. The maximum absolute atomic E-state index is 12.9. The van der Waals surface area contributed by atoms with E-state index in [1.807, 2.05) is 6.92 Å². The fraction of sp³-hybridized carbons (Fsp3) is 0.857. The Hall–Kier alpha value is -0.230. The average molecular weight is 163 g/mol. The molecule has 0 saturated carbocycles. The lowest BCUT2D eigenvalue weighted by molar-refractivity contribution is 0.709. The molecule has 0 aliphatic carbocycles. The van der Waals surface area contributed by atoms with E-state index in [0.717, 1.165) is 0 Å². The van der Waals surface area contributed by atoms with Crippen LogP contribution in [0.2, 0.25) is 0 Å². The van der Waals surface area contributed by atoms with Gasteiger partial charge in [0, 0.05) is 11.7 Å². The fourth-order valence-electron chi connectivity index (χ4n) is 0.522. The van der Waals surface area contributed by atoms with Gasteiger partial charge >= 0.3 is 0 Å². The van der Waals surface area contributed by atoms with Gasteiger partial charge in [0.15, 0.2) is 0 Å². The normalized spacial score (nSPS) is 15.9. The minimum atomic E-state index is -1.88. The van der Waals surface area contributed by atoms with E-state index in [-0.39, 0.29) is 5.92 Å². The molecule has 0 N–H and O–H groups in total. The molecule has 0 bridgehead atoms. The molecule has 0 saturated heterocycles. The van der Waals surface area contributed by atoms with Crippen LogP contribution in [-0.4, -0.2) is 18.3 Å². The van der Waals surface area contributed by atoms with Crippen LogP contribution in [-0.2, 0) is 0 Å². The second-order valence-electron chi connectivity index (χ2n) is 2.93. The lowest BCUT2D eigenvalue weighted by atomic mass is 10.1. The predicted octanol–water partition coefficient (Wildman–Crippen LogP) is 2.48. The SMILES string of the molecule is CC(C#N)CCS(C)(C)F. The van der Waals surface area contributed by atoms with Crippen molar-refractivity contribution in [3.05, 3.63) is 0 Å². The first kappa shape index (κ1) is 9.77. The van der Waals surface area contributed by atoms with Crippen LogP contribution in [0.1, 0.15) is 13.3 Å². The summed E-state index contributed by atoms with van der Waals surface area (Å²) in [5.41, 5.74) is 0. The van der Waals surface area contributed by atoms with Gasteiger partial charge in [-0.2, -0.15) is 9.15 Å². The number of rotatable bonds is 3. The topological polar surface area (TPSA) is 23.8 Å². The van der Waals surface area contributed by atoms with E-state index in [0.29, 0.717) is 12.2 Å². The summed E-state index contributed by atoms with van der Waals surface area (Å²) in [6.07, 6.45) is 3.93. The Kier molecular flexibility index (Phi) is 3.73. The van der Waals surface area contributed by atoms with Gasteiger partial charge in [-0.1, -0.05) is 10.4 Å². The molecule has 0 aromatic rings. The third-order valence-corrected chi connectivity index (χ3v) is 2.46. The molecule has 0 spiro atoms. The van der Waals surface area contributed by atoms with Crippen molar-refractivity contribution in [2.75, 3.05) is 18.3 Å². The summed E-state index contributed by atoms with van der Waals surface area (Å²) in [4.78, 5) is 0. The van der Waals surface area contributed by atoms with Crippen molar-refractivity contribution in [1.29, 1.82) is 5.26 Å². The zero-order chi connectivity index (χ0) is 8.20. The summed E-state index contributed by atoms with van der Waals surface area (Å²) in [5.74, 6) is 0.560. The molecular weight excluding hydrogens is 149 g/mol. The zero-order valence-electron chi connectivity index (χ0n) is 6.72. The van der Waals surface area contributed by atoms with Gasteiger partial charge in [-0.15, -0.1) is 0 Å². The van der Waals surface area contributed by atoms with E-state index in [1.165, 1.54) is 0 Å². The quantitative estimate of drug-likeness (QED) is 0.627. The molecule has 10 heavy (non-hydrogen) atoms. The molecule has 0 amide bonds. The Morgan fingerprint density at radius 2 is 2.10 bits per heavy atom. The van der Waals surface area contributed by atoms with E-state index in [2.05, 4.69) is 6.07 Å². The smallest absolute Gasteiger partial charge is 0.0653 e. The summed E-state index contributed by atoms with van der Waals surface area (Å²) in [6, 6.07) is 2.08. The van der Waals surface area contributed by atoms with Gasteiger partial charge in [0.25, 0.3) is 0 Å². The van der Waals surface area contributed by atoms with Crippen molar-refractivity contribution >= 4 is 10.4 Å². The summed E-state index contributed by atoms with van der Waals surface area (Å²) in [6.45, 7) is 1.82. The largest absolute Gasteiger partial charge is 0.198 e. The monoisotopic (exact) mass is 163 g/mol. The zero-order valence-corrected chi connectivity index (χ0v) is 7.54. The molecule has 1 unspecified atom stereocenters. The lowest BCUT2D eigenvalue weighted by Gasteiger charge is -2.19. The Morgan fingerprint density at radius 1 is 1.60 bits per heavy atom. The van der Waals surface area contributed by atoms with Crippen LogP contribution >= 0.6 is 10.4 Å². The number of hydrogen-bond acceptors (Lipinski definition) is 1. The lowest BCUT2D eigenvalue weighted by Crippen LogP contribution is -1.99. The van der Waals surface area contributed by atoms with E-state index >= 15 is 0 Å². The molecule has 0 fully saturated rings. The fourth-order valence-corrected chi connectivity index (χ4v) is 1.44. The van der Waals surface area contributed by atoms with Gasteiger partial charge in [-0.25, -0.2) is 0 Å². The molecule has 0 radical (unpaired) electrons. The van der Waals surface area contributed by atoms with Gasteiger partial charge in [0.1, 0.15) is 0 Å². The van der Waals surface area contributed by atoms with E-state index in [4.69, 9.17) is 5.26 Å². The van der Waals surface area contributed by atoms with E-state index in [1.54, 1.807) is 12.5 Å². The molecular formula is C7H14FNS. The summed E-state index contributed by atoms with van der Waals surface area (Å²) in [7, 11) is -1.88. The maximum atomic E-state index is 12.9. The highest BCUT2D eigenvalue weighted by molar-refractivity contribution is 8.28. The van der Waals surface area contributed by atoms with Crippen LogP contribution in [0, 0.1) is 17.2 Å². The van der Waals surface area contributed by atoms with Crippen molar-refractivity contribution in [2.45, 2.75) is 13.3 Å². The second kappa shape index (κ2) is 3.82. The molecule has 0 aliphatic heterocycles. The Morgan fingerprint density at radius 3 is 2.40 bits per heavy atom. The van der Waals surface area contributed by atoms with Gasteiger partial charge in [-0.05, 0) is 25.9 Å². The molecule has 1 atom stereocenters. The van der Waals surface area contributed by atoms with Crippen molar-refractivity contribution in [3.63, 3.8) is 0 Å². The standard InChI is InChI=1S/C7H14FNS/c1-7(6-9)4-5-10(2,3)8/h7H,4-5H2,1-3H3. The van der Waals surface area contributed by atoms with Crippen molar-refractivity contribution in [3.8, 4) is 6.07 Å². The van der Waals surface area contributed by atoms with Crippen LogP contribution in [0.4, 0.5) is 3.89 Å². The van der Waals surface area contributed by atoms with Crippen molar-refractivity contribution < 1.29 is 3.89 Å². The molecule has 0 aromatic heterocycles. The van der Waals surface area contributed by atoms with E-state index < -0.39 is 10.4 Å². The van der Waals surface area contributed by atoms with Gasteiger partial charge in [0.05, 0.1) is 6.07 Å². The van der Waals surface area contributed by atoms with Crippen molar-refractivity contribution in [2.24, 2.45) is 5.92 Å². The van der Waals surface area contributed by atoms with E-state index in [9.17, 15) is 3.89 Å². The number of halogens is 1. The predicted molar refractivity (Wildman–Crippen MR) is 44.8 cm³/mol. The minimum Gasteiger partial charge on any atom is -0.198 e. The molecule has 0 aromatic carbocycles. The van der Waals surface area contributed by atoms with Crippen LogP contribution < -0.4 is 0 Å². The molecule has 3 heteroatoms. The number of nitrogens with zero attached hydrogens (tertiary/aromatic N) is 1. The van der Waals surface area contributed by atoms with Crippen LogP contribution in [0.5, 0.6) is 0 Å². The van der Waals surface area contributed by atoms with Crippen LogP contribution in [0.3, 0.4) is 0 Å². The molecule has 0 rings (SSSR count). The Bertz CT molecular complexity index is 134. The minimum absolute atomic E-state index is 0.00234. The number of nitriles is 1. The summed E-state index contributed by atoms with van der Waals surface area (Å²) < 4.78 is 12.9. The second-order valence-corrected chi connectivity index (χ2v) is 6.14. The third-order valence-electron chi connectivity index (χ3n) is 1.26. The highest BCUT2D eigenvalue weighted by Gasteiger charge is 2.10. The third kappa shape index (κ3) is 5.90. The molecule has 0 aliphatic rings. The van der Waals surface area contributed by atoms with Crippen LogP contribution in [0.25, 0.3) is 0 Å². The van der Waals surface area contributed by atoms with Gasteiger partial charge < -0.3 is 0 Å². The number of hydrogen-bond donors (Lipinski definition) is 0. The Balaban J connectivity index is 3.48. The van der Waals surface area contributed by atoms with Gasteiger partial charge in [0.2, 0.25) is 0 Å². The average Bonchev–Trinajstić information content (AvgIpc) is 1.81. The van der Waals surface area contributed by atoms with Crippen molar-refractivity contribution in [1.82, 2.24) is 0 Å². The summed E-state index contributed by atoms with van der Waals surface area (Å²) >= 11 is 0. The first-order valence-electron chi connectivity index (χ1n) is 3.26.